The molecule has 5 rings (SSSR count). The van der Waals surface area contributed by atoms with E-state index in [2.05, 4.69) is 41.0 Å². The first-order valence-corrected chi connectivity index (χ1v) is 12.3. The lowest BCUT2D eigenvalue weighted by Crippen LogP contribution is -2.47. The summed E-state index contributed by atoms with van der Waals surface area (Å²) in [6.07, 6.45) is 0.427. The van der Waals surface area contributed by atoms with Gasteiger partial charge in [-0.25, -0.2) is 4.39 Å². The Hall–Kier alpha value is -3.51. The Balaban J connectivity index is 1.25. The van der Waals surface area contributed by atoms with Crippen LogP contribution in [0.5, 0.6) is 0 Å². The average molecular weight is 472 g/mol. The van der Waals surface area contributed by atoms with E-state index in [1.54, 1.807) is 12.1 Å². The highest BCUT2D eigenvalue weighted by Crippen LogP contribution is 2.32. The Labute approximate surface area is 205 Å². The van der Waals surface area contributed by atoms with Gasteiger partial charge in [-0.2, -0.15) is 0 Å². The zero-order valence-electron chi connectivity index (χ0n) is 20.0. The molecule has 0 radical (unpaired) electrons. The van der Waals surface area contributed by atoms with Crippen molar-refractivity contribution in [2.75, 3.05) is 44.2 Å². The van der Waals surface area contributed by atoms with Gasteiger partial charge in [-0.3, -0.25) is 19.4 Å². The molecule has 1 atom stereocenters. The van der Waals surface area contributed by atoms with E-state index >= 15 is 0 Å². The van der Waals surface area contributed by atoms with E-state index in [-0.39, 0.29) is 24.2 Å². The van der Waals surface area contributed by atoms with Crippen LogP contribution in [0, 0.1) is 5.82 Å². The van der Waals surface area contributed by atoms with E-state index in [0.29, 0.717) is 23.5 Å². The largest absolute Gasteiger partial charge is 0.368 e. The number of rotatable bonds is 7. The van der Waals surface area contributed by atoms with E-state index < -0.39 is 0 Å². The first-order valence-electron chi connectivity index (χ1n) is 12.3. The molecular formula is C29H30FN3O2. The van der Waals surface area contributed by atoms with Crippen LogP contribution in [0.3, 0.4) is 0 Å². The van der Waals surface area contributed by atoms with Gasteiger partial charge in [-0.15, -0.1) is 0 Å². The Kier molecular flexibility index (Phi) is 6.64. The van der Waals surface area contributed by atoms with E-state index in [4.69, 9.17) is 0 Å². The summed E-state index contributed by atoms with van der Waals surface area (Å²) in [6, 6.07) is 22.4. The lowest BCUT2D eigenvalue weighted by molar-refractivity contribution is 0.0656. The number of amides is 2. The van der Waals surface area contributed by atoms with E-state index in [1.807, 2.05) is 24.3 Å². The first-order chi connectivity index (χ1) is 17.0. The Bertz CT molecular complexity index is 1220. The van der Waals surface area contributed by atoms with Crippen molar-refractivity contribution >= 4 is 17.5 Å². The fourth-order valence-corrected chi connectivity index (χ4v) is 5.16. The Morgan fingerprint density at radius 1 is 0.857 bits per heavy atom. The molecule has 1 unspecified atom stereocenters. The summed E-state index contributed by atoms with van der Waals surface area (Å²) in [6.45, 7) is 6.93. The standard InChI is InChI=1S/C29H30FN3O2/c1-21(23-8-3-2-4-9-23)20-31-15-17-32(18-16-31)26-12-6-11-25-27(26)29(35)33(28(25)34)14-13-22-7-5-10-24(30)19-22/h2-12,19,21H,13-18,20H2,1H3. The molecule has 0 aliphatic carbocycles. The SMILES string of the molecule is CC(CN1CCN(c2cccc3c2C(=O)N(CCc2cccc(F)c2)C3=O)CC1)c1ccccc1. The molecule has 2 aliphatic heterocycles. The van der Waals surface area contributed by atoms with Crippen LogP contribution in [-0.4, -0.2) is 60.9 Å². The zero-order valence-corrected chi connectivity index (χ0v) is 20.0. The maximum Gasteiger partial charge on any atom is 0.263 e. The molecule has 1 saturated heterocycles. The van der Waals surface area contributed by atoms with Crippen molar-refractivity contribution in [1.29, 1.82) is 0 Å². The van der Waals surface area contributed by atoms with Crippen LogP contribution in [0.2, 0.25) is 0 Å². The summed E-state index contributed by atoms with van der Waals surface area (Å²) in [5, 5.41) is 0. The fraction of sp³-hybridized carbons (Fsp3) is 0.310. The molecule has 3 aromatic rings. The third-order valence-corrected chi connectivity index (χ3v) is 7.10. The van der Waals surface area contributed by atoms with Crippen molar-refractivity contribution in [1.82, 2.24) is 9.80 Å². The zero-order chi connectivity index (χ0) is 24.4. The number of piperazine rings is 1. The highest BCUT2D eigenvalue weighted by Gasteiger charge is 2.38. The maximum atomic E-state index is 13.5. The molecule has 0 aromatic heterocycles. The summed E-state index contributed by atoms with van der Waals surface area (Å²) < 4.78 is 13.5. The molecule has 2 aliphatic rings. The van der Waals surface area contributed by atoms with Crippen molar-refractivity contribution in [3.8, 4) is 0 Å². The molecule has 3 aromatic carbocycles. The van der Waals surface area contributed by atoms with Crippen LogP contribution in [-0.2, 0) is 6.42 Å². The molecular weight excluding hydrogens is 441 g/mol. The molecule has 180 valence electrons. The predicted octanol–water partition coefficient (Wildman–Crippen LogP) is 4.59. The van der Waals surface area contributed by atoms with Crippen molar-refractivity contribution in [3.63, 3.8) is 0 Å². The van der Waals surface area contributed by atoms with Crippen molar-refractivity contribution in [3.05, 3.63) is 101 Å². The van der Waals surface area contributed by atoms with Crippen LogP contribution in [0.15, 0.2) is 72.8 Å². The van der Waals surface area contributed by atoms with Gasteiger partial charge in [-0.05, 0) is 47.7 Å². The van der Waals surface area contributed by atoms with Gasteiger partial charge in [-0.1, -0.05) is 55.5 Å². The first kappa shape index (κ1) is 23.2. The Morgan fingerprint density at radius 3 is 2.34 bits per heavy atom. The fourth-order valence-electron chi connectivity index (χ4n) is 5.16. The van der Waals surface area contributed by atoms with Gasteiger partial charge in [0.25, 0.3) is 11.8 Å². The molecule has 5 nitrogen and oxygen atoms in total. The second kappa shape index (κ2) is 10.0. The van der Waals surface area contributed by atoms with Crippen molar-refractivity contribution in [2.24, 2.45) is 0 Å². The molecule has 0 spiro atoms. The van der Waals surface area contributed by atoms with E-state index in [0.717, 1.165) is 44.0 Å². The second-order valence-electron chi connectivity index (χ2n) is 9.44. The monoisotopic (exact) mass is 471 g/mol. The number of anilines is 1. The molecule has 0 bridgehead atoms. The van der Waals surface area contributed by atoms with Gasteiger partial charge in [0.15, 0.2) is 0 Å². The van der Waals surface area contributed by atoms with Crippen LogP contribution in [0.25, 0.3) is 0 Å². The van der Waals surface area contributed by atoms with E-state index in [1.165, 1.54) is 22.6 Å². The van der Waals surface area contributed by atoms with E-state index in [9.17, 15) is 14.0 Å². The lowest BCUT2D eigenvalue weighted by Gasteiger charge is -2.37. The third kappa shape index (κ3) is 4.84. The minimum absolute atomic E-state index is 0.237. The normalized spacial score (nSPS) is 17.1. The van der Waals surface area contributed by atoms with Crippen LogP contribution < -0.4 is 4.90 Å². The summed E-state index contributed by atoms with van der Waals surface area (Å²) in [5.41, 5.74) is 3.92. The van der Waals surface area contributed by atoms with Gasteiger partial charge in [0.1, 0.15) is 5.82 Å². The topological polar surface area (TPSA) is 43.9 Å². The summed E-state index contributed by atoms with van der Waals surface area (Å²) >= 11 is 0. The van der Waals surface area contributed by atoms with Crippen LogP contribution >= 0.6 is 0 Å². The number of carbonyl (C=O) groups excluding carboxylic acids is 2. The summed E-state index contributed by atoms with van der Waals surface area (Å²) in [5.74, 6) is -0.380. The predicted molar refractivity (Wildman–Crippen MR) is 135 cm³/mol. The van der Waals surface area contributed by atoms with Crippen molar-refractivity contribution in [2.45, 2.75) is 19.3 Å². The van der Waals surface area contributed by atoms with Gasteiger partial charge in [0.05, 0.1) is 16.8 Å². The summed E-state index contributed by atoms with van der Waals surface area (Å²) in [7, 11) is 0. The molecule has 2 amide bonds. The van der Waals surface area contributed by atoms with Gasteiger partial charge in [0, 0.05) is 39.3 Å². The molecule has 0 saturated carbocycles. The molecule has 6 heteroatoms. The number of imide groups is 1. The maximum absolute atomic E-state index is 13.5. The summed E-state index contributed by atoms with van der Waals surface area (Å²) in [4.78, 5) is 32.4. The molecule has 2 heterocycles. The highest BCUT2D eigenvalue weighted by molar-refractivity contribution is 6.23. The number of hydrogen-bond acceptors (Lipinski definition) is 4. The number of nitrogens with zero attached hydrogens (tertiary/aromatic N) is 3. The number of hydrogen-bond donors (Lipinski definition) is 0. The Morgan fingerprint density at radius 2 is 1.60 bits per heavy atom. The van der Waals surface area contributed by atoms with Gasteiger partial charge >= 0.3 is 0 Å². The van der Waals surface area contributed by atoms with Crippen LogP contribution in [0.4, 0.5) is 10.1 Å². The van der Waals surface area contributed by atoms with Crippen LogP contribution in [0.1, 0.15) is 44.7 Å². The lowest BCUT2D eigenvalue weighted by atomic mass is 10.0. The van der Waals surface area contributed by atoms with Gasteiger partial charge < -0.3 is 4.90 Å². The minimum Gasteiger partial charge on any atom is -0.368 e. The number of halogens is 1. The molecule has 0 N–H and O–H groups in total. The second-order valence-corrected chi connectivity index (χ2v) is 9.44. The minimum atomic E-state index is -0.315. The molecule has 1 fully saturated rings. The third-order valence-electron chi connectivity index (χ3n) is 7.10. The highest BCUT2D eigenvalue weighted by atomic mass is 19.1. The van der Waals surface area contributed by atoms with Crippen molar-refractivity contribution < 1.29 is 14.0 Å². The number of fused-ring (bicyclic) bond motifs is 1. The molecule has 35 heavy (non-hydrogen) atoms. The number of benzene rings is 3. The average Bonchev–Trinajstić information content (AvgIpc) is 3.13. The number of carbonyl (C=O) groups is 2. The van der Waals surface area contributed by atoms with Gasteiger partial charge in [0.2, 0.25) is 0 Å². The quantitative estimate of drug-likeness (QED) is 0.473. The smallest absolute Gasteiger partial charge is 0.263 e.